The Morgan fingerprint density at radius 1 is 1.13 bits per heavy atom. The lowest BCUT2D eigenvalue weighted by Crippen LogP contribution is -2.64. The molecule has 0 bridgehead atoms. The Morgan fingerprint density at radius 3 is 2.45 bits per heavy atom. The number of nitrogens with zero attached hydrogens (tertiary/aromatic N) is 1. The van der Waals surface area contributed by atoms with Crippen LogP contribution in [0.5, 0.6) is 0 Å². The smallest absolute Gasteiger partial charge is 0.230 e. The molecule has 7 atom stereocenters. The van der Waals surface area contributed by atoms with Crippen molar-refractivity contribution in [2.75, 3.05) is 39.4 Å². The summed E-state index contributed by atoms with van der Waals surface area (Å²) in [5.74, 6) is 0.996. The molecule has 2 saturated carbocycles. The van der Waals surface area contributed by atoms with Crippen molar-refractivity contribution in [3.05, 3.63) is 11.6 Å². The first-order valence-electron chi connectivity index (χ1n) is 15.7. The number of carbonyl (C=O) groups excluding carboxylic acids is 2. The molecule has 1 aliphatic heterocycles. The molecule has 1 N–H and O–H groups in total. The first-order chi connectivity index (χ1) is 17.9. The van der Waals surface area contributed by atoms with E-state index < -0.39 is 11.3 Å². The van der Waals surface area contributed by atoms with Crippen LogP contribution < -0.4 is 5.32 Å². The van der Waals surface area contributed by atoms with Crippen molar-refractivity contribution in [2.24, 2.45) is 45.3 Å². The maximum absolute atomic E-state index is 13.9. The largest absolute Gasteiger partial charge is 0.379 e. The quantitative estimate of drug-likeness (QED) is 0.229. The molecule has 4 aliphatic rings. The number of fused-ring (bicyclic) bond motifs is 3. The van der Waals surface area contributed by atoms with Gasteiger partial charge in [0, 0.05) is 25.0 Å². The van der Waals surface area contributed by atoms with Crippen LogP contribution in [0.4, 0.5) is 0 Å². The van der Waals surface area contributed by atoms with E-state index in [2.05, 4.69) is 71.7 Å². The number of nitrogens with one attached hydrogen (secondary N) is 1. The molecule has 38 heavy (non-hydrogen) atoms. The molecule has 0 spiro atoms. The molecule has 3 aliphatic carbocycles. The van der Waals surface area contributed by atoms with Crippen molar-refractivity contribution in [3.8, 4) is 0 Å². The van der Waals surface area contributed by atoms with Crippen LogP contribution in [0.3, 0.4) is 0 Å². The van der Waals surface area contributed by atoms with E-state index in [0.717, 1.165) is 58.5 Å². The van der Waals surface area contributed by atoms with Gasteiger partial charge in [0.25, 0.3) is 0 Å². The maximum atomic E-state index is 13.9. The first-order valence-corrected chi connectivity index (χ1v) is 15.7. The molecule has 0 aromatic rings. The van der Waals surface area contributed by atoms with Crippen LogP contribution in [0.15, 0.2) is 11.6 Å². The number of amides is 1. The molecular formula is C33H56N2O3. The summed E-state index contributed by atoms with van der Waals surface area (Å²) in [5.41, 5.74) is 1.48. The van der Waals surface area contributed by atoms with Crippen LogP contribution >= 0.6 is 0 Å². The van der Waals surface area contributed by atoms with Crippen molar-refractivity contribution in [3.63, 3.8) is 0 Å². The highest BCUT2D eigenvalue weighted by molar-refractivity contribution is 6.04. The van der Waals surface area contributed by atoms with Gasteiger partial charge in [-0.15, -0.1) is 0 Å². The second-order valence-corrected chi connectivity index (χ2v) is 14.4. The number of carbonyl (C=O) groups is 2. The molecule has 1 saturated heterocycles. The molecule has 7 unspecified atom stereocenters. The minimum atomic E-state index is -0.537. The van der Waals surface area contributed by atoms with Crippen molar-refractivity contribution in [1.82, 2.24) is 10.2 Å². The van der Waals surface area contributed by atoms with Gasteiger partial charge in [-0.2, -0.15) is 0 Å². The fraction of sp³-hybridized carbons (Fsp3) is 0.879. The van der Waals surface area contributed by atoms with Gasteiger partial charge in [-0.3, -0.25) is 14.5 Å². The number of morpholine rings is 1. The number of ether oxygens (including phenoxy) is 1. The third-order valence-electron chi connectivity index (χ3n) is 12.5. The topological polar surface area (TPSA) is 58.6 Å². The fourth-order valence-electron chi connectivity index (χ4n) is 9.78. The number of ketones is 1. The first kappa shape index (κ1) is 29.8. The summed E-state index contributed by atoms with van der Waals surface area (Å²) in [6.45, 7) is 24.0. The summed E-state index contributed by atoms with van der Waals surface area (Å²) < 4.78 is 5.44. The molecule has 5 nitrogen and oxygen atoms in total. The molecule has 5 heteroatoms. The Bertz CT molecular complexity index is 921. The summed E-state index contributed by atoms with van der Waals surface area (Å²) in [5, 5.41) is 3.18. The lowest BCUT2D eigenvalue weighted by molar-refractivity contribution is -0.186. The summed E-state index contributed by atoms with van der Waals surface area (Å²) in [6.07, 6.45) is 9.85. The van der Waals surface area contributed by atoms with Gasteiger partial charge in [-0.1, -0.05) is 67.0 Å². The van der Waals surface area contributed by atoms with E-state index >= 15 is 0 Å². The van der Waals surface area contributed by atoms with Crippen LogP contribution in [-0.4, -0.2) is 56.0 Å². The van der Waals surface area contributed by atoms with E-state index in [0.29, 0.717) is 30.7 Å². The summed E-state index contributed by atoms with van der Waals surface area (Å²) in [7, 11) is 0. The molecular weight excluding hydrogens is 472 g/mol. The molecule has 4 rings (SSSR count). The standard InChI is InChI=1S/C33H56N2O3/c1-9-23(3)25-12-13-27-31(6)22-24(29(37)34-16-11-17-35-18-20-38-21-19-35)28(36)30(4,5)26(31)14-15-33(27,8)32(25,7)10-2/h12,23-24,26-27H,9-11,13-22H2,1-8H3,(H,34,37). The van der Waals surface area contributed by atoms with Crippen LogP contribution in [0, 0.1) is 45.3 Å². The highest BCUT2D eigenvalue weighted by Gasteiger charge is 2.67. The zero-order valence-electron chi connectivity index (χ0n) is 25.8. The summed E-state index contributed by atoms with van der Waals surface area (Å²) >= 11 is 0. The average Bonchev–Trinajstić information content (AvgIpc) is 2.89. The van der Waals surface area contributed by atoms with E-state index in [1.807, 2.05) is 0 Å². The number of allylic oxidation sites excluding steroid dienone is 2. The fourth-order valence-corrected chi connectivity index (χ4v) is 9.78. The van der Waals surface area contributed by atoms with Crippen molar-refractivity contribution >= 4 is 11.7 Å². The second kappa shape index (κ2) is 11.0. The zero-order valence-corrected chi connectivity index (χ0v) is 25.8. The Kier molecular flexibility index (Phi) is 8.61. The second-order valence-electron chi connectivity index (χ2n) is 14.4. The van der Waals surface area contributed by atoms with Gasteiger partial charge >= 0.3 is 0 Å². The minimum Gasteiger partial charge on any atom is -0.379 e. The number of Topliss-reactive ketones (excluding diaryl/α,β-unsaturated/α-hetero) is 1. The minimum absolute atomic E-state index is 0.0336. The molecule has 0 aromatic carbocycles. The lowest BCUT2D eigenvalue weighted by Gasteiger charge is -2.68. The van der Waals surface area contributed by atoms with E-state index in [1.165, 1.54) is 12.8 Å². The third-order valence-corrected chi connectivity index (χ3v) is 12.5. The summed E-state index contributed by atoms with van der Waals surface area (Å²) in [4.78, 5) is 29.9. The van der Waals surface area contributed by atoms with Gasteiger partial charge in [0.05, 0.1) is 19.1 Å². The number of hydrogen-bond donors (Lipinski definition) is 1. The number of hydrogen-bond acceptors (Lipinski definition) is 4. The lowest BCUT2D eigenvalue weighted by atomic mass is 9.35. The highest BCUT2D eigenvalue weighted by atomic mass is 16.5. The van der Waals surface area contributed by atoms with Gasteiger partial charge in [0.1, 0.15) is 0 Å². The van der Waals surface area contributed by atoms with Crippen molar-refractivity contribution in [2.45, 2.75) is 100 Å². The van der Waals surface area contributed by atoms with Crippen molar-refractivity contribution < 1.29 is 14.3 Å². The Labute approximate surface area is 232 Å². The molecule has 3 fully saturated rings. The maximum Gasteiger partial charge on any atom is 0.230 e. The average molecular weight is 529 g/mol. The van der Waals surface area contributed by atoms with Crippen LogP contribution in [0.2, 0.25) is 0 Å². The van der Waals surface area contributed by atoms with E-state index in [1.54, 1.807) is 5.57 Å². The van der Waals surface area contributed by atoms with E-state index in [4.69, 9.17) is 4.74 Å². The molecule has 1 heterocycles. The van der Waals surface area contributed by atoms with Crippen molar-refractivity contribution in [1.29, 1.82) is 0 Å². The van der Waals surface area contributed by atoms with Gasteiger partial charge in [-0.25, -0.2) is 0 Å². The molecule has 1 amide bonds. The Morgan fingerprint density at radius 2 is 1.82 bits per heavy atom. The van der Waals surface area contributed by atoms with E-state index in [9.17, 15) is 9.59 Å². The SMILES string of the molecule is CCC(C)C1=CCC2C3(C)CC(C(=O)NCCCN4CCOCC4)C(=O)C(C)(C)C3CCC2(C)C1(C)CC. The predicted octanol–water partition coefficient (Wildman–Crippen LogP) is 6.27. The van der Waals surface area contributed by atoms with Gasteiger partial charge in [0.15, 0.2) is 5.78 Å². The third kappa shape index (κ3) is 4.72. The molecule has 0 aromatic heterocycles. The zero-order chi connectivity index (χ0) is 27.9. The number of rotatable bonds is 8. The Balaban J connectivity index is 1.56. The Hall–Kier alpha value is -1.20. The monoisotopic (exact) mass is 528 g/mol. The normalized spacial score (nSPS) is 40.1. The summed E-state index contributed by atoms with van der Waals surface area (Å²) in [6, 6.07) is 0. The predicted molar refractivity (Wildman–Crippen MR) is 155 cm³/mol. The highest BCUT2D eigenvalue weighted by Crippen LogP contribution is 2.72. The van der Waals surface area contributed by atoms with Crippen LogP contribution in [-0.2, 0) is 14.3 Å². The van der Waals surface area contributed by atoms with Crippen LogP contribution in [0.1, 0.15) is 100 Å². The molecule has 0 radical (unpaired) electrons. The van der Waals surface area contributed by atoms with Gasteiger partial charge < -0.3 is 10.1 Å². The molecule has 216 valence electrons. The van der Waals surface area contributed by atoms with Gasteiger partial charge in [-0.05, 0) is 85.5 Å². The van der Waals surface area contributed by atoms with Crippen LogP contribution in [0.25, 0.3) is 0 Å². The van der Waals surface area contributed by atoms with E-state index in [-0.39, 0.29) is 27.9 Å². The van der Waals surface area contributed by atoms with Gasteiger partial charge in [0.2, 0.25) is 5.91 Å².